The first kappa shape index (κ1) is 32.8. The largest absolute Gasteiger partial charge is 0.493 e. The molecule has 0 N–H and O–H groups in total. The average Bonchev–Trinajstić information content (AvgIpc) is 3.11. The summed E-state index contributed by atoms with van der Waals surface area (Å²) in [6, 6.07) is 24.8. The van der Waals surface area contributed by atoms with Gasteiger partial charge in [-0.2, -0.15) is 0 Å². The van der Waals surface area contributed by atoms with E-state index in [9.17, 15) is 19.2 Å². The molecule has 0 radical (unpaired) electrons. The quantitative estimate of drug-likeness (QED) is 0.0594. The SMILES string of the molecule is C=CC(=O)OCOc1ccc2cc(C(=O)Oc3ccc(OC(=O)c4ccc5cc(OCOC(=O)C=C)ccc5c4)c(OC)c3)ccc2c1. The lowest BCUT2D eigenvalue weighted by Crippen LogP contribution is -2.10. The zero-order valence-electron chi connectivity index (χ0n) is 25.6. The average molecular weight is 649 g/mol. The molecule has 5 aromatic carbocycles. The van der Waals surface area contributed by atoms with Crippen LogP contribution in [0.4, 0.5) is 0 Å². The molecule has 0 spiro atoms. The number of esters is 4. The maximum absolute atomic E-state index is 13.0. The summed E-state index contributed by atoms with van der Waals surface area (Å²) in [5.41, 5.74) is 0.594. The van der Waals surface area contributed by atoms with E-state index in [-0.39, 0.29) is 30.8 Å². The molecule has 5 aromatic rings. The summed E-state index contributed by atoms with van der Waals surface area (Å²) in [6.07, 6.45) is 2.09. The second-order valence-corrected chi connectivity index (χ2v) is 9.90. The number of carbonyl (C=O) groups excluding carboxylic acids is 4. The van der Waals surface area contributed by atoms with Crippen molar-refractivity contribution in [3.05, 3.63) is 127 Å². The van der Waals surface area contributed by atoms with Crippen LogP contribution in [0.25, 0.3) is 21.5 Å². The van der Waals surface area contributed by atoms with E-state index < -0.39 is 23.9 Å². The number of benzene rings is 5. The van der Waals surface area contributed by atoms with Gasteiger partial charge in [-0.3, -0.25) is 0 Å². The van der Waals surface area contributed by atoms with E-state index in [2.05, 4.69) is 13.2 Å². The molecular formula is C37H28O11. The number of hydrogen-bond acceptors (Lipinski definition) is 11. The van der Waals surface area contributed by atoms with Crippen LogP contribution in [0.3, 0.4) is 0 Å². The van der Waals surface area contributed by atoms with Crippen LogP contribution in [0.15, 0.2) is 116 Å². The topological polar surface area (TPSA) is 133 Å². The Morgan fingerprint density at radius 2 is 1.00 bits per heavy atom. The van der Waals surface area contributed by atoms with Crippen LogP contribution in [-0.4, -0.2) is 44.6 Å². The molecule has 5 rings (SSSR count). The molecule has 0 aromatic heterocycles. The fourth-order valence-electron chi connectivity index (χ4n) is 4.43. The van der Waals surface area contributed by atoms with Crippen LogP contribution in [0.2, 0.25) is 0 Å². The van der Waals surface area contributed by atoms with Crippen molar-refractivity contribution in [3.63, 3.8) is 0 Å². The highest BCUT2D eigenvalue weighted by Gasteiger charge is 2.16. The molecule has 0 unspecified atom stereocenters. The summed E-state index contributed by atoms with van der Waals surface area (Å²) in [6.45, 7) is 6.12. The molecular weight excluding hydrogens is 620 g/mol. The van der Waals surface area contributed by atoms with Crippen molar-refractivity contribution in [2.45, 2.75) is 0 Å². The Kier molecular flexibility index (Phi) is 10.3. The highest BCUT2D eigenvalue weighted by molar-refractivity contribution is 5.98. The van der Waals surface area contributed by atoms with E-state index in [0.29, 0.717) is 22.6 Å². The molecule has 0 amide bonds. The van der Waals surface area contributed by atoms with Gasteiger partial charge in [-0.25, -0.2) is 19.2 Å². The van der Waals surface area contributed by atoms with Gasteiger partial charge in [-0.05, 0) is 82.2 Å². The van der Waals surface area contributed by atoms with Gasteiger partial charge in [0.1, 0.15) is 17.2 Å². The Morgan fingerprint density at radius 3 is 1.50 bits per heavy atom. The number of hydrogen-bond donors (Lipinski definition) is 0. The third-order valence-corrected chi connectivity index (χ3v) is 6.83. The predicted octanol–water partition coefficient (Wildman–Crippen LogP) is 6.57. The van der Waals surface area contributed by atoms with Gasteiger partial charge >= 0.3 is 23.9 Å². The minimum atomic E-state index is -0.626. The van der Waals surface area contributed by atoms with Crippen LogP contribution in [0, 0.1) is 0 Å². The second-order valence-electron chi connectivity index (χ2n) is 9.90. The lowest BCUT2D eigenvalue weighted by molar-refractivity contribution is -0.145. The number of fused-ring (bicyclic) bond motifs is 2. The van der Waals surface area contributed by atoms with Crippen molar-refractivity contribution < 1.29 is 52.3 Å². The third-order valence-electron chi connectivity index (χ3n) is 6.83. The number of carbonyl (C=O) groups is 4. The molecule has 0 atom stereocenters. The van der Waals surface area contributed by atoms with Crippen molar-refractivity contribution in [2.75, 3.05) is 20.7 Å². The van der Waals surface area contributed by atoms with E-state index in [4.69, 9.17) is 33.2 Å². The maximum atomic E-state index is 13.0. The van der Waals surface area contributed by atoms with Crippen LogP contribution < -0.4 is 23.7 Å². The molecule has 0 fully saturated rings. The lowest BCUT2D eigenvalue weighted by Gasteiger charge is -2.12. The Bertz CT molecular complexity index is 2050. The zero-order chi connectivity index (χ0) is 34.0. The predicted molar refractivity (Wildman–Crippen MR) is 174 cm³/mol. The summed E-state index contributed by atoms with van der Waals surface area (Å²) in [5, 5.41) is 3.09. The Morgan fingerprint density at radius 1 is 0.542 bits per heavy atom. The highest BCUT2D eigenvalue weighted by Crippen LogP contribution is 2.33. The fourth-order valence-corrected chi connectivity index (χ4v) is 4.43. The molecule has 242 valence electrons. The first-order valence-electron chi connectivity index (χ1n) is 14.3. The normalized spacial score (nSPS) is 10.4. The number of rotatable bonds is 13. The Labute approximate surface area is 274 Å². The minimum absolute atomic E-state index is 0.128. The van der Waals surface area contributed by atoms with E-state index >= 15 is 0 Å². The first-order chi connectivity index (χ1) is 23.3. The van der Waals surface area contributed by atoms with Gasteiger partial charge in [0.25, 0.3) is 0 Å². The van der Waals surface area contributed by atoms with Gasteiger partial charge in [-0.1, -0.05) is 37.4 Å². The van der Waals surface area contributed by atoms with Crippen LogP contribution >= 0.6 is 0 Å². The molecule has 0 saturated heterocycles. The molecule has 48 heavy (non-hydrogen) atoms. The van der Waals surface area contributed by atoms with Crippen molar-refractivity contribution in [1.82, 2.24) is 0 Å². The van der Waals surface area contributed by atoms with Crippen LogP contribution in [-0.2, 0) is 19.1 Å². The van der Waals surface area contributed by atoms with Crippen LogP contribution in [0.5, 0.6) is 28.7 Å². The van der Waals surface area contributed by atoms with Gasteiger partial charge in [0.15, 0.2) is 11.5 Å². The Balaban J connectivity index is 1.21. The third kappa shape index (κ3) is 8.15. The summed E-state index contributed by atoms with van der Waals surface area (Å²) in [5.74, 6) is -0.977. The smallest absolute Gasteiger partial charge is 0.343 e. The fraction of sp³-hybridized carbons (Fsp3) is 0.0811. The molecule has 0 aliphatic carbocycles. The molecule has 0 aliphatic rings. The van der Waals surface area contributed by atoms with Gasteiger partial charge in [0.05, 0.1) is 18.2 Å². The standard InChI is InChI=1S/C37H28O11/c1-4-34(38)45-21-43-29-12-10-23-16-27(8-6-25(23)18-29)36(40)47-31-14-15-32(33(20-31)42-3)48-37(41)28-9-7-26-19-30(13-11-24(26)17-28)44-22-46-35(39)5-2/h4-20H,1-2,21-22H2,3H3. The van der Waals surface area contributed by atoms with Gasteiger partial charge in [0, 0.05) is 18.2 Å². The minimum Gasteiger partial charge on any atom is -0.493 e. The van der Waals surface area contributed by atoms with Crippen molar-refractivity contribution in [3.8, 4) is 28.7 Å². The molecule has 11 heteroatoms. The number of methoxy groups -OCH3 is 1. The molecule has 0 bridgehead atoms. The number of ether oxygens (including phenoxy) is 7. The van der Waals surface area contributed by atoms with E-state index in [1.54, 1.807) is 72.8 Å². The highest BCUT2D eigenvalue weighted by atomic mass is 16.7. The van der Waals surface area contributed by atoms with Crippen molar-refractivity contribution in [2.24, 2.45) is 0 Å². The van der Waals surface area contributed by atoms with Crippen molar-refractivity contribution >= 4 is 45.4 Å². The van der Waals surface area contributed by atoms with Crippen LogP contribution in [0.1, 0.15) is 20.7 Å². The molecule has 0 heterocycles. The molecule has 11 nitrogen and oxygen atoms in total. The van der Waals surface area contributed by atoms with E-state index in [0.717, 1.165) is 33.7 Å². The summed E-state index contributed by atoms with van der Waals surface area (Å²) in [7, 11) is 1.40. The van der Waals surface area contributed by atoms with E-state index in [1.165, 1.54) is 25.3 Å². The lowest BCUT2D eigenvalue weighted by atomic mass is 10.1. The zero-order valence-corrected chi connectivity index (χ0v) is 25.6. The van der Waals surface area contributed by atoms with Gasteiger partial charge < -0.3 is 33.2 Å². The van der Waals surface area contributed by atoms with Gasteiger partial charge in [0.2, 0.25) is 13.6 Å². The van der Waals surface area contributed by atoms with Gasteiger partial charge in [-0.15, -0.1) is 0 Å². The second kappa shape index (κ2) is 15.1. The summed E-state index contributed by atoms with van der Waals surface area (Å²) < 4.78 is 37.1. The molecule has 0 aliphatic heterocycles. The van der Waals surface area contributed by atoms with Crippen molar-refractivity contribution in [1.29, 1.82) is 0 Å². The summed E-state index contributed by atoms with van der Waals surface area (Å²) in [4.78, 5) is 48.3. The maximum Gasteiger partial charge on any atom is 0.343 e. The first-order valence-corrected chi connectivity index (χ1v) is 14.3. The molecule has 0 saturated carbocycles. The monoisotopic (exact) mass is 648 g/mol. The Hall–Kier alpha value is -6.62. The van der Waals surface area contributed by atoms with E-state index in [1.807, 2.05) is 0 Å². The summed E-state index contributed by atoms with van der Waals surface area (Å²) >= 11 is 0.